The van der Waals surface area contributed by atoms with Gasteiger partial charge in [0.15, 0.2) is 0 Å². The van der Waals surface area contributed by atoms with Crippen molar-refractivity contribution in [3.8, 4) is 11.1 Å². The number of anilines is 1. The number of hydrogen-bond donors (Lipinski definition) is 2. The second-order valence-electron chi connectivity index (χ2n) is 8.91. The Hall–Kier alpha value is -3.99. The van der Waals surface area contributed by atoms with Crippen LogP contribution in [0.3, 0.4) is 0 Å². The van der Waals surface area contributed by atoms with Gasteiger partial charge in [0.2, 0.25) is 17.7 Å². The minimum Gasteiger partial charge on any atom is -0.442 e. The van der Waals surface area contributed by atoms with E-state index in [1.54, 1.807) is 34.1 Å². The Labute approximate surface area is 207 Å². The number of piperazine rings is 1. The summed E-state index contributed by atoms with van der Waals surface area (Å²) in [5.41, 5.74) is 7.52. The number of carbonyl (C=O) groups excluding carboxylic acids is 4. The molecular weight excluding hydrogens is 469 g/mol. The lowest BCUT2D eigenvalue weighted by atomic mass is 10.0. The number of benzene rings is 2. The van der Waals surface area contributed by atoms with E-state index in [4.69, 9.17) is 10.5 Å². The number of halogens is 1. The molecule has 0 aromatic heterocycles. The van der Waals surface area contributed by atoms with Crippen molar-refractivity contribution in [3.63, 3.8) is 0 Å². The average molecular weight is 498 g/mol. The number of amides is 4. The van der Waals surface area contributed by atoms with E-state index >= 15 is 0 Å². The predicted octanol–water partition coefficient (Wildman–Crippen LogP) is 1.08. The van der Waals surface area contributed by atoms with Crippen molar-refractivity contribution in [1.82, 2.24) is 15.1 Å². The highest BCUT2D eigenvalue weighted by Gasteiger charge is 2.32. The van der Waals surface area contributed by atoms with E-state index in [0.29, 0.717) is 36.4 Å². The average Bonchev–Trinajstić information content (AvgIpc) is 3.20. The van der Waals surface area contributed by atoms with Crippen molar-refractivity contribution in [1.29, 1.82) is 0 Å². The summed E-state index contributed by atoms with van der Waals surface area (Å²) in [4.78, 5) is 51.5. The summed E-state index contributed by atoms with van der Waals surface area (Å²) in [7, 11) is 0. The van der Waals surface area contributed by atoms with Gasteiger partial charge in [0.25, 0.3) is 0 Å². The van der Waals surface area contributed by atoms with Gasteiger partial charge in [0, 0.05) is 32.1 Å². The number of ether oxygens (including phenoxy) is 1. The normalized spacial score (nSPS) is 18.3. The van der Waals surface area contributed by atoms with E-state index in [1.807, 2.05) is 12.1 Å². The molecule has 0 bridgehead atoms. The molecular formula is C25H28FN5O5. The highest BCUT2D eigenvalue weighted by Crippen LogP contribution is 2.29. The molecule has 10 nitrogen and oxygen atoms in total. The molecule has 2 saturated heterocycles. The molecule has 36 heavy (non-hydrogen) atoms. The van der Waals surface area contributed by atoms with Crippen molar-refractivity contribution >= 4 is 29.5 Å². The van der Waals surface area contributed by atoms with Crippen LogP contribution in [0.1, 0.15) is 12.5 Å². The summed E-state index contributed by atoms with van der Waals surface area (Å²) in [5, 5.41) is 2.61. The molecule has 2 aliphatic rings. The second kappa shape index (κ2) is 10.7. The molecule has 190 valence electrons. The number of nitrogens with zero attached hydrogens (tertiary/aromatic N) is 3. The van der Waals surface area contributed by atoms with Crippen LogP contribution in [0, 0.1) is 5.82 Å². The molecule has 4 rings (SSSR count). The van der Waals surface area contributed by atoms with Crippen LogP contribution < -0.4 is 16.0 Å². The zero-order valence-corrected chi connectivity index (χ0v) is 19.9. The van der Waals surface area contributed by atoms with E-state index in [-0.39, 0.29) is 38.0 Å². The van der Waals surface area contributed by atoms with Gasteiger partial charge in [-0.15, -0.1) is 0 Å². The van der Waals surface area contributed by atoms with Crippen LogP contribution in [-0.2, 0) is 25.7 Å². The third-order valence-electron chi connectivity index (χ3n) is 6.13. The topological polar surface area (TPSA) is 125 Å². The number of primary amides is 1. The molecule has 2 aromatic carbocycles. The lowest BCUT2D eigenvalue weighted by Crippen LogP contribution is -2.51. The molecule has 3 N–H and O–H groups in total. The number of nitrogens with one attached hydrogen (secondary N) is 1. The summed E-state index contributed by atoms with van der Waals surface area (Å²) >= 11 is 0. The summed E-state index contributed by atoms with van der Waals surface area (Å²) in [5.74, 6) is -1.24. The van der Waals surface area contributed by atoms with Crippen LogP contribution >= 0.6 is 0 Å². The molecule has 0 radical (unpaired) electrons. The third-order valence-corrected chi connectivity index (χ3v) is 6.13. The standard InChI is InChI=1S/C25H28FN5O5/c1-16(32)28-11-20-13-31(25(35)36-20)19-6-7-21(22(26)10-19)18-4-2-17(3-5-18)12-30-9-8-29(14-23(27)33)15-24(30)34/h2-7,10,20H,8-9,11-15H2,1H3,(H2,27,33)(H,28,32)/t20-/m0/s1. The maximum atomic E-state index is 15.0. The van der Waals surface area contributed by atoms with Gasteiger partial charge >= 0.3 is 6.09 Å². The number of hydrogen-bond acceptors (Lipinski definition) is 6. The van der Waals surface area contributed by atoms with Gasteiger partial charge in [-0.3, -0.25) is 24.2 Å². The highest BCUT2D eigenvalue weighted by atomic mass is 19.1. The van der Waals surface area contributed by atoms with Crippen LogP contribution in [0.15, 0.2) is 42.5 Å². The van der Waals surface area contributed by atoms with Gasteiger partial charge in [-0.25, -0.2) is 9.18 Å². The first kappa shape index (κ1) is 25.1. The molecule has 2 heterocycles. The molecule has 4 amide bonds. The summed E-state index contributed by atoms with van der Waals surface area (Å²) < 4.78 is 20.2. The first-order valence-corrected chi connectivity index (χ1v) is 11.6. The van der Waals surface area contributed by atoms with Gasteiger partial charge in [0.05, 0.1) is 31.9 Å². The molecule has 0 spiro atoms. The zero-order valence-electron chi connectivity index (χ0n) is 19.9. The lowest BCUT2D eigenvalue weighted by Gasteiger charge is -2.33. The molecule has 1 atom stereocenters. The summed E-state index contributed by atoms with van der Waals surface area (Å²) in [6.45, 7) is 3.48. The Balaban J connectivity index is 1.38. The molecule has 0 unspecified atom stereocenters. The van der Waals surface area contributed by atoms with Crippen LogP contribution in [0.4, 0.5) is 14.9 Å². The van der Waals surface area contributed by atoms with Crippen LogP contribution in [0.25, 0.3) is 11.1 Å². The van der Waals surface area contributed by atoms with Crippen molar-refractivity contribution < 1.29 is 28.3 Å². The Morgan fingerprint density at radius 2 is 1.89 bits per heavy atom. The molecule has 11 heteroatoms. The minimum absolute atomic E-state index is 0.0647. The SMILES string of the molecule is CC(=O)NC[C@H]1CN(c2ccc(-c3ccc(CN4CCN(CC(N)=O)CC4=O)cc3)c(F)c2)C(=O)O1. The van der Waals surface area contributed by atoms with Crippen molar-refractivity contribution in [2.24, 2.45) is 5.73 Å². The number of rotatable bonds is 8. The van der Waals surface area contributed by atoms with Crippen LogP contribution in [0.5, 0.6) is 0 Å². The van der Waals surface area contributed by atoms with Crippen LogP contribution in [-0.4, -0.2) is 79.0 Å². The third kappa shape index (κ3) is 5.98. The Bertz CT molecular complexity index is 1170. The first-order chi connectivity index (χ1) is 17.2. The highest BCUT2D eigenvalue weighted by molar-refractivity contribution is 5.90. The lowest BCUT2D eigenvalue weighted by molar-refractivity contribution is -0.137. The number of cyclic esters (lactones) is 1. The molecule has 0 aliphatic carbocycles. The van der Waals surface area contributed by atoms with Gasteiger partial charge in [-0.2, -0.15) is 0 Å². The maximum Gasteiger partial charge on any atom is 0.414 e. The van der Waals surface area contributed by atoms with E-state index in [9.17, 15) is 23.6 Å². The van der Waals surface area contributed by atoms with Gasteiger partial charge in [-0.05, 0) is 29.3 Å². The van der Waals surface area contributed by atoms with Gasteiger partial charge in [-0.1, -0.05) is 24.3 Å². The van der Waals surface area contributed by atoms with Crippen LogP contribution in [0.2, 0.25) is 0 Å². The Morgan fingerprint density at radius 3 is 2.53 bits per heavy atom. The number of nitrogens with two attached hydrogens (primary N) is 1. The Kier molecular flexibility index (Phi) is 7.49. The van der Waals surface area contributed by atoms with Crippen molar-refractivity contribution in [2.45, 2.75) is 19.6 Å². The van der Waals surface area contributed by atoms with Gasteiger partial charge < -0.3 is 20.7 Å². The minimum atomic E-state index is -0.591. The number of carbonyl (C=O) groups is 4. The molecule has 2 fully saturated rings. The second-order valence-corrected chi connectivity index (χ2v) is 8.91. The fourth-order valence-corrected chi connectivity index (χ4v) is 4.29. The quantitative estimate of drug-likeness (QED) is 0.562. The van der Waals surface area contributed by atoms with Crippen molar-refractivity contribution in [2.75, 3.05) is 44.2 Å². The Morgan fingerprint density at radius 1 is 1.14 bits per heavy atom. The predicted molar refractivity (Wildman–Crippen MR) is 129 cm³/mol. The summed E-state index contributed by atoms with van der Waals surface area (Å²) in [6, 6.07) is 11.8. The largest absolute Gasteiger partial charge is 0.442 e. The van der Waals surface area contributed by atoms with E-state index in [2.05, 4.69) is 5.32 Å². The molecule has 2 aromatic rings. The maximum absolute atomic E-state index is 15.0. The fourth-order valence-electron chi connectivity index (χ4n) is 4.29. The molecule has 0 saturated carbocycles. The van der Waals surface area contributed by atoms with Gasteiger partial charge in [0.1, 0.15) is 11.9 Å². The van der Waals surface area contributed by atoms with E-state index in [0.717, 1.165) is 5.56 Å². The smallest absolute Gasteiger partial charge is 0.414 e. The zero-order chi connectivity index (χ0) is 25.8. The van der Waals surface area contributed by atoms with Crippen molar-refractivity contribution in [3.05, 3.63) is 53.8 Å². The fraction of sp³-hybridized carbons (Fsp3) is 0.360. The van der Waals surface area contributed by atoms with E-state index < -0.39 is 23.9 Å². The molecule has 2 aliphatic heterocycles. The first-order valence-electron chi connectivity index (χ1n) is 11.6. The summed E-state index contributed by atoms with van der Waals surface area (Å²) in [6.07, 6.45) is -1.10. The monoisotopic (exact) mass is 497 g/mol. The van der Waals surface area contributed by atoms with E-state index in [1.165, 1.54) is 17.9 Å².